The van der Waals surface area contributed by atoms with Gasteiger partial charge >= 0.3 is 0 Å². The summed E-state index contributed by atoms with van der Waals surface area (Å²) >= 11 is 1.58. The van der Waals surface area contributed by atoms with Gasteiger partial charge in [0, 0.05) is 38.6 Å². The third kappa shape index (κ3) is 2.92. The highest BCUT2D eigenvalue weighted by molar-refractivity contribution is 7.16. The van der Waals surface area contributed by atoms with Crippen molar-refractivity contribution in [2.24, 2.45) is 5.92 Å². The minimum atomic E-state index is 0.0345. The maximum absolute atomic E-state index is 12.2. The van der Waals surface area contributed by atoms with Gasteiger partial charge in [-0.25, -0.2) is 0 Å². The molecule has 0 aromatic carbocycles. The summed E-state index contributed by atoms with van der Waals surface area (Å²) < 4.78 is 0. The van der Waals surface area contributed by atoms with Crippen LogP contribution in [0.25, 0.3) is 0 Å². The van der Waals surface area contributed by atoms with Crippen molar-refractivity contribution < 1.29 is 4.79 Å². The van der Waals surface area contributed by atoms with Crippen LogP contribution in [0.4, 0.5) is 5.00 Å². The molecule has 106 valence electrons. The van der Waals surface area contributed by atoms with E-state index in [9.17, 15) is 4.79 Å². The third-order valence-corrected chi connectivity index (χ3v) is 4.45. The van der Waals surface area contributed by atoms with Crippen LogP contribution in [0.1, 0.15) is 34.6 Å². The topological polar surface area (TPSA) is 49.6 Å². The third-order valence-electron chi connectivity index (χ3n) is 3.41. The minimum Gasteiger partial charge on any atom is -0.390 e. The van der Waals surface area contributed by atoms with Crippen LogP contribution < -0.4 is 5.73 Å². The lowest BCUT2D eigenvalue weighted by Crippen LogP contribution is -2.33. The molecular formula is C14H23N3OS. The van der Waals surface area contributed by atoms with Crippen LogP contribution in [-0.2, 0) is 13.0 Å². The minimum absolute atomic E-state index is 0.0345. The van der Waals surface area contributed by atoms with Gasteiger partial charge in [-0.05, 0) is 17.9 Å². The highest BCUT2D eigenvalue weighted by Crippen LogP contribution is 2.35. The van der Waals surface area contributed by atoms with E-state index >= 15 is 0 Å². The molecule has 0 saturated carbocycles. The molecule has 1 aliphatic rings. The van der Waals surface area contributed by atoms with E-state index in [0.29, 0.717) is 10.9 Å². The van der Waals surface area contributed by atoms with E-state index in [1.807, 2.05) is 0 Å². The van der Waals surface area contributed by atoms with Crippen molar-refractivity contribution in [1.29, 1.82) is 0 Å². The van der Waals surface area contributed by atoms with E-state index in [-0.39, 0.29) is 5.91 Å². The highest BCUT2D eigenvalue weighted by Gasteiger charge is 2.27. The Morgan fingerprint density at radius 3 is 2.74 bits per heavy atom. The lowest BCUT2D eigenvalue weighted by molar-refractivity contribution is 0.0827. The number of anilines is 1. The van der Waals surface area contributed by atoms with Gasteiger partial charge in [-0.3, -0.25) is 9.69 Å². The largest absolute Gasteiger partial charge is 0.390 e. The van der Waals surface area contributed by atoms with Gasteiger partial charge in [-0.15, -0.1) is 11.3 Å². The number of thiophene rings is 1. The Morgan fingerprint density at radius 1 is 1.47 bits per heavy atom. The average Bonchev–Trinajstić information content (AvgIpc) is 2.62. The summed E-state index contributed by atoms with van der Waals surface area (Å²) in [4.78, 5) is 17.5. The lowest BCUT2D eigenvalue weighted by Gasteiger charge is -2.28. The first-order valence-corrected chi connectivity index (χ1v) is 7.55. The molecular weight excluding hydrogens is 258 g/mol. The number of fused-ring (bicyclic) bond motifs is 1. The van der Waals surface area contributed by atoms with Gasteiger partial charge in [0.1, 0.15) is 0 Å². The Bertz CT molecular complexity index is 479. The van der Waals surface area contributed by atoms with Crippen molar-refractivity contribution in [3.63, 3.8) is 0 Å². The van der Waals surface area contributed by atoms with E-state index < -0.39 is 0 Å². The molecule has 1 aromatic rings. The SMILES string of the molecule is CC(C)CN1CCc2c(sc(N)c2C(=O)N(C)C)C1. The van der Waals surface area contributed by atoms with Crippen molar-refractivity contribution in [2.45, 2.75) is 26.8 Å². The van der Waals surface area contributed by atoms with Gasteiger partial charge in [-0.1, -0.05) is 13.8 Å². The Hall–Kier alpha value is -1.07. The first-order valence-electron chi connectivity index (χ1n) is 6.74. The predicted octanol–water partition coefficient (Wildman–Crippen LogP) is 2.05. The number of rotatable bonds is 3. The summed E-state index contributed by atoms with van der Waals surface area (Å²) in [6.45, 7) is 7.53. The molecule has 0 atom stereocenters. The molecule has 2 rings (SSSR count). The summed E-state index contributed by atoms with van der Waals surface area (Å²) in [5, 5.41) is 0.676. The van der Waals surface area contributed by atoms with Crippen molar-refractivity contribution >= 4 is 22.2 Å². The first-order chi connectivity index (χ1) is 8.90. The summed E-state index contributed by atoms with van der Waals surface area (Å²) in [7, 11) is 3.56. The average molecular weight is 281 g/mol. The quantitative estimate of drug-likeness (QED) is 0.922. The van der Waals surface area contributed by atoms with E-state index in [2.05, 4.69) is 18.7 Å². The zero-order valence-electron chi connectivity index (χ0n) is 12.2. The summed E-state index contributed by atoms with van der Waals surface area (Å²) in [6.07, 6.45) is 0.935. The van der Waals surface area contributed by atoms with E-state index in [4.69, 9.17) is 5.73 Å². The van der Waals surface area contributed by atoms with Crippen molar-refractivity contribution in [3.8, 4) is 0 Å². The predicted molar refractivity (Wildman–Crippen MR) is 80.6 cm³/mol. The van der Waals surface area contributed by atoms with Crippen LogP contribution >= 0.6 is 11.3 Å². The van der Waals surface area contributed by atoms with Crippen LogP contribution in [0.15, 0.2) is 0 Å². The summed E-state index contributed by atoms with van der Waals surface area (Å²) in [6, 6.07) is 0. The van der Waals surface area contributed by atoms with Gasteiger partial charge in [-0.2, -0.15) is 0 Å². The fourth-order valence-corrected chi connectivity index (χ4v) is 3.76. The Balaban J connectivity index is 2.25. The van der Waals surface area contributed by atoms with Crippen LogP contribution in [0, 0.1) is 5.92 Å². The molecule has 1 amide bonds. The zero-order chi connectivity index (χ0) is 14.2. The fourth-order valence-electron chi connectivity index (χ4n) is 2.61. The molecule has 19 heavy (non-hydrogen) atoms. The van der Waals surface area contributed by atoms with Gasteiger partial charge in [0.15, 0.2) is 0 Å². The molecule has 0 bridgehead atoms. The standard InChI is InChI=1S/C14H23N3OS/c1-9(2)7-17-6-5-10-11(8-17)19-13(15)12(10)14(18)16(3)4/h9H,5-8,15H2,1-4H3. The summed E-state index contributed by atoms with van der Waals surface area (Å²) in [5.41, 5.74) is 7.99. The fraction of sp³-hybridized carbons (Fsp3) is 0.643. The monoisotopic (exact) mass is 281 g/mol. The van der Waals surface area contributed by atoms with Crippen molar-refractivity contribution in [1.82, 2.24) is 9.80 Å². The summed E-state index contributed by atoms with van der Waals surface area (Å²) in [5.74, 6) is 0.703. The van der Waals surface area contributed by atoms with Crippen molar-refractivity contribution in [2.75, 3.05) is 32.9 Å². The van der Waals surface area contributed by atoms with Crippen LogP contribution in [0.3, 0.4) is 0 Å². The van der Waals surface area contributed by atoms with Gasteiger partial charge < -0.3 is 10.6 Å². The molecule has 1 aromatic heterocycles. The maximum Gasteiger partial charge on any atom is 0.256 e. The number of nitrogens with two attached hydrogens (primary N) is 1. The number of carbonyl (C=O) groups excluding carboxylic acids is 1. The number of nitrogen functional groups attached to an aromatic ring is 1. The van der Waals surface area contributed by atoms with E-state index in [1.165, 1.54) is 10.4 Å². The molecule has 5 heteroatoms. The Labute approximate surface area is 119 Å². The highest BCUT2D eigenvalue weighted by atomic mass is 32.1. The van der Waals surface area contributed by atoms with Gasteiger partial charge in [0.2, 0.25) is 0 Å². The molecule has 4 nitrogen and oxygen atoms in total. The van der Waals surface area contributed by atoms with E-state index in [1.54, 1.807) is 30.3 Å². The number of nitrogens with zero attached hydrogens (tertiary/aromatic N) is 2. The maximum atomic E-state index is 12.2. The molecule has 0 unspecified atom stereocenters. The van der Waals surface area contributed by atoms with Gasteiger partial charge in [0.25, 0.3) is 5.91 Å². The zero-order valence-corrected chi connectivity index (χ0v) is 13.0. The number of hydrogen-bond acceptors (Lipinski definition) is 4. The number of carbonyl (C=O) groups is 1. The van der Waals surface area contributed by atoms with Crippen molar-refractivity contribution in [3.05, 3.63) is 16.0 Å². The second kappa shape index (κ2) is 5.51. The first kappa shape index (κ1) is 14.3. The Morgan fingerprint density at radius 2 is 2.16 bits per heavy atom. The van der Waals surface area contributed by atoms with E-state index in [0.717, 1.165) is 31.6 Å². The lowest BCUT2D eigenvalue weighted by atomic mass is 10.0. The molecule has 0 fully saturated rings. The normalized spacial score (nSPS) is 15.6. The van der Waals surface area contributed by atoms with Crippen LogP contribution in [0.2, 0.25) is 0 Å². The smallest absolute Gasteiger partial charge is 0.256 e. The second-order valence-electron chi connectivity index (χ2n) is 5.82. The van der Waals surface area contributed by atoms with Crippen LogP contribution in [-0.4, -0.2) is 42.9 Å². The number of amides is 1. The van der Waals surface area contributed by atoms with Crippen LogP contribution in [0.5, 0.6) is 0 Å². The molecule has 2 N–H and O–H groups in total. The molecule has 0 saturated heterocycles. The molecule has 1 aliphatic heterocycles. The molecule has 0 aliphatic carbocycles. The second-order valence-corrected chi connectivity index (χ2v) is 6.96. The van der Waals surface area contributed by atoms with Gasteiger partial charge in [0.05, 0.1) is 10.6 Å². The molecule has 2 heterocycles. The number of hydrogen-bond donors (Lipinski definition) is 1. The Kier molecular flexibility index (Phi) is 4.16. The molecule has 0 radical (unpaired) electrons. The molecule has 0 spiro atoms.